The van der Waals surface area contributed by atoms with E-state index in [0.29, 0.717) is 17.1 Å². The fraction of sp³-hybridized carbons (Fsp3) is 0.357. The monoisotopic (exact) mass is 528 g/mol. The van der Waals surface area contributed by atoms with E-state index in [1.165, 1.54) is 49.8 Å². The second-order valence-electron chi connectivity index (χ2n) is 8.44. The summed E-state index contributed by atoms with van der Waals surface area (Å²) in [6.07, 6.45) is 0. The summed E-state index contributed by atoms with van der Waals surface area (Å²) in [6, 6.07) is 4.98. The molecule has 0 radical (unpaired) electrons. The first-order valence-corrected chi connectivity index (χ1v) is 11.6. The highest BCUT2D eigenvalue weighted by molar-refractivity contribution is 6.23. The first-order valence-electron chi connectivity index (χ1n) is 11.6. The van der Waals surface area contributed by atoms with Gasteiger partial charge in [-0.15, -0.1) is 0 Å². The highest BCUT2D eigenvalue weighted by atomic mass is 16.5. The number of fused-ring (bicyclic) bond motifs is 1. The fourth-order valence-corrected chi connectivity index (χ4v) is 4.49. The minimum Gasteiger partial charge on any atom is -0.506 e. The third kappa shape index (κ3) is 4.36. The van der Waals surface area contributed by atoms with Crippen molar-refractivity contribution in [3.05, 3.63) is 29.3 Å². The molecule has 0 fully saturated rings. The molecule has 0 saturated carbocycles. The molecule has 3 aromatic carbocycles. The van der Waals surface area contributed by atoms with Gasteiger partial charge in [-0.1, -0.05) is 19.9 Å². The van der Waals surface area contributed by atoms with E-state index in [1.807, 2.05) is 0 Å². The van der Waals surface area contributed by atoms with Gasteiger partial charge in [0, 0.05) is 16.9 Å². The van der Waals surface area contributed by atoms with Crippen molar-refractivity contribution in [1.82, 2.24) is 0 Å². The number of ketones is 1. The van der Waals surface area contributed by atoms with Crippen molar-refractivity contribution in [3.63, 3.8) is 0 Å². The van der Waals surface area contributed by atoms with E-state index in [1.54, 1.807) is 32.0 Å². The Morgan fingerprint density at radius 3 is 1.66 bits per heavy atom. The highest BCUT2D eigenvalue weighted by Crippen LogP contribution is 2.58. The fourth-order valence-electron chi connectivity index (χ4n) is 4.49. The average Bonchev–Trinajstić information content (AvgIpc) is 2.93. The zero-order valence-electron chi connectivity index (χ0n) is 22.9. The maximum atomic E-state index is 13.5. The zero-order chi connectivity index (χ0) is 28.3. The molecule has 0 unspecified atom stereocenters. The number of ether oxygens (including phenoxy) is 7. The molecule has 1 N–H and O–H groups in total. The lowest BCUT2D eigenvalue weighted by molar-refractivity contribution is 0.0596. The number of methoxy groups -OCH3 is 7. The zero-order valence-corrected chi connectivity index (χ0v) is 22.9. The SMILES string of the molecule is COC(=O)c1c(C(=O)C(C)C)c(O)c2c(OC)c(OC)c(OC)c(OC)c2c1-c1ccc(OC)c(OC)c1. The van der Waals surface area contributed by atoms with Gasteiger partial charge >= 0.3 is 5.97 Å². The van der Waals surface area contributed by atoms with Crippen LogP contribution in [0.4, 0.5) is 0 Å². The van der Waals surface area contributed by atoms with Gasteiger partial charge in [-0.05, 0) is 17.7 Å². The molecule has 0 aromatic heterocycles. The average molecular weight is 529 g/mol. The molecule has 10 heteroatoms. The molecule has 0 aliphatic heterocycles. The Balaban J connectivity index is 2.83. The van der Waals surface area contributed by atoms with Crippen LogP contribution >= 0.6 is 0 Å². The van der Waals surface area contributed by atoms with Gasteiger partial charge in [0.05, 0.1) is 66.3 Å². The molecule has 0 atom stereocenters. The molecule has 0 spiro atoms. The van der Waals surface area contributed by atoms with Crippen LogP contribution in [0.25, 0.3) is 21.9 Å². The van der Waals surface area contributed by atoms with Crippen molar-refractivity contribution in [2.75, 3.05) is 49.8 Å². The molecule has 0 heterocycles. The summed E-state index contributed by atoms with van der Waals surface area (Å²) in [5.74, 6) is -1.09. The van der Waals surface area contributed by atoms with E-state index in [2.05, 4.69) is 0 Å². The molecule has 3 rings (SSSR count). The first-order chi connectivity index (χ1) is 18.2. The Morgan fingerprint density at radius 2 is 1.21 bits per heavy atom. The lowest BCUT2D eigenvalue weighted by Crippen LogP contribution is -2.17. The summed E-state index contributed by atoms with van der Waals surface area (Å²) in [6.45, 7) is 3.32. The maximum absolute atomic E-state index is 13.5. The van der Waals surface area contributed by atoms with E-state index in [4.69, 9.17) is 33.2 Å². The van der Waals surface area contributed by atoms with Crippen molar-refractivity contribution >= 4 is 22.5 Å². The molecule has 0 amide bonds. The number of hydrogen-bond acceptors (Lipinski definition) is 10. The number of carbonyl (C=O) groups is 2. The van der Waals surface area contributed by atoms with E-state index >= 15 is 0 Å². The molecule has 0 aliphatic rings. The summed E-state index contributed by atoms with van der Waals surface area (Å²) in [5.41, 5.74) is 0.289. The Labute approximate surface area is 220 Å². The summed E-state index contributed by atoms with van der Waals surface area (Å²) in [7, 11) is 9.78. The number of aromatic hydroxyl groups is 1. The van der Waals surface area contributed by atoms with Crippen LogP contribution in [0.3, 0.4) is 0 Å². The van der Waals surface area contributed by atoms with Crippen LogP contribution in [0.1, 0.15) is 34.6 Å². The van der Waals surface area contributed by atoms with Crippen molar-refractivity contribution in [3.8, 4) is 51.4 Å². The molecule has 0 bridgehead atoms. The Bertz CT molecular complexity index is 1390. The van der Waals surface area contributed by atoms with Crippen LogP contribution in [0.15, 0.2) is 18.2 Å². The summed E-state index contributed by atoms with van der Waals surface area (Å²) in [5, 5.41) is 12.0. The van der Waals surface area contributed by atoms with Crippen molar-refractivity contribution in [1.29, 1.82) is 0 Å². The standard InChI is InChI=1S/C28H32O10/c1-13(2)22(29)20-19(28(31)38-9)17(14-10-11-15(32-3)16(12-14)33-4)18-21(23(20)30)25(35-6)27(37-8)26(36-7)24(18)34-5/h10-13,30H,1-9H3. The molecular formula is C28H32O10. The molecule has 10 nitrogen and oxygen atoms in total. The first kappa shape index (κ1) is 28.2. The highest BCUT2D eigenvalue weighted by Gasteiger charge is 2.36. The van der Waals surface area contributed by atoms with Crippen molar-refractivity contribution in [2.45, 2.75) is 13.8 Å². The topological polar surface area (TPSA) is 119 Å². The number of carbonyl (C=O) groups excluding carboxylic acids is 2. The number of Topliss-reactive ketones (excluding diaryl/α,β-unsaturated/α-hetero) is 1. The smallest absolute Gasteiger partial charge is 0.339 e. The van der Waals surface area contributed by atoms with Crippen LogP contribution in [-0.2, 0) is 4.74 Å². The lowest BCUT2D eigenvalue weighted by Gasteiger charge is -2.25. The number of phenols is 1. The van der Waals surface area contributed by atoms with Crippen molar-refractivity contribution in [2.24, 2.45) is 5.92 Å². The molecule has 204 valence electrons. The normalized spacial score (nSPS) is 10.8. The van der Waals surface area contributed by atoms with Crippen LogP contribution in [0, 0.1) is 5.92 Å². The van der Waals surface area contributed by atoms with Gasteiger partial charge in [0.15, 0.2) is 28.8 Å². The Hall–Kier alpha value is -4.34. The van der Waals surface area contributed by atoms with Gasteiger partial charge in [0.1, 0.15) is 5.75 Å². The van der Waals surface area contributed by atoms with Crippen molar-refractivity contribution < 1.29 is 47.9 Å². The van der Waals surface area contributed by atoms with Crippen LogP contribution in [-0.4, -0.2) is 66.6 Å². The number of benzene rings is 3. The Kier molecular flexibility index (Phi) is 8.45. The summed E-state index contributed by atoms with van der Waals surface area (Å²) < 4.78 is 38.6. The molecule has 3 aromatic rings. The predicted molar refractivity (Wildman–Crippen MR) is 141 cm³/mol. The van der Waals surface area contributed by atoms with Gasteiger partial charge in [0.25, 0.3) is 0 Å². The largest absolute Gasteiger partial charge is 0.506 e. The summed E-state index contributed by atoms with van der Waals surface area (Å²) >= 11 is 0. The number of hydrogen-bond donors (Lipinski definition) is 1. The summed E-state index contributed by atoms with van der Waals surface area (Å²) in [4.78, 5) is 26.9. The van der Waals surface area contributed by atoms with E-state index < -0.39 is 23.4 Å². The minimum atomic E-state index is -0.841. The molecule has 38 heavy (non-hydrogen) atoms. The van der Waals surface area contributed by atoms with Gasteiger partial charge in [-0.2, -0.15) is 0 Å². The van der Waals surface area contributed by atoms with Crippen LogP contribution in [0.2, 0.25) is 0 Å². The number of rotatable bonds is 10. The van der Waals surface area contributed by atoms with Gasteiger partial charge < -0.3 is 38.3 Å². The van der Waals surface area contributed by atoms with E-state index in [9.17, 15) is 14.7 Å². The van der Waals surface area contributed by atoms with Gasteiger partial charge in [-0.25, -0.2) is 4.79 Å². The third-order valence-corrected chi connectivity index (χ3v) is 6.20. The third-order valence-electron chi connectivity index (χ3n) is 6.20. The van der Waals surface area contributed by atoms with Gasteiger partial charge in [0.2, 0.25) is 11.5 Å². The van der Waals surface area contributed by atoms with E-state index in [0.717, 1.165) is 0 Å². The maximum Gasteiger partial charge on any atom is 0.339 e. The minimum absolute atomic E-state index is 0.0774. The second-order valence-corrected chi connectivity index (χ2v) is 8.44. The van der Waals surface area contributed by atoms with E-state index in [-0.39, 0.29) is 50.5 Å². The predicted octanol–water partition coefficient (Wildman–Crippen LogP) is 4.89. The lowest BCUT2D eigenvalue weighted by atomic mass is 9.84. The molecule has 0 aliphatic carbocycles. The molecular weight excluding hydrogens is 496 g/mol. The number of esters is 1. The van der Waals surface area contributed by atoms with Crippen LogP contribution < -0.4 is 28.4 Å². The van der Waals surface area contributed by atoms with Crippen LogP contribution in [0.5, 0.6) is 40.2 Å². The number of phenolic OH excluding ortho intramolecular Hbond substituents is 1. The van der Waals surface area contributed by atoms with Gasteiger partial charge in [-0.3, -0.25) is 4.79 Å². The quantitative estimate of drug-likeness (QED) is 0.288. The Morgan fingerprint density at radius 1 is 0.684 bits per heavy atom. The molecule has 0 saturated heterocycles. The second kappa shape index (κ2) is 11.4.